The summed E-state index contributed by atoms with van der Waals surface area (Å²) < 4.78 is 5.20. The van der Waals surface area contributed by atoms with E-state index >= 15 is 0 Å². The maximum Gasteiger partial charge on any atom is 0.303 e. The minimum atomic E-state index is -0.776. The van der Waals surface area contributed by atoms with Crippen molar-refractivity contribution in [1.82, 2.24) is 5.32 Å². The fourth-order valence-corrected chi connectivity index (χ4v) is 2.10. The molecule has 6 heteroatoms. The number of ether oxygens (including phenoxy) is 1. The van der Waals surface area contributed by atoms with Gasteiger partial charge in [-0.1, -0.05) is 12.8 Å². The predicted octanol–water partition coefficient (Wildman–Crippen LogP) is 0.646. The van der Waals surface area contributed by atoms with Crippen molar-refractivity contribution in [1.29, 1.82) is 0 Å². The van der Waals surface area contributed by atoms with E-state index in [4.69, 9.17) is 15.6 Å². The molecule has 1 fully saturated rings. The number of carboxylic acid groups (broad SMARTS) is 1. The summed E-state index contributed by atoms with van der Waals surface area (Å²) in [4.78, 5) is 22.2. The average Bonchev–Trinajstić information content (AvgIpc) is 2.38. The zero-order valence-corrected chi connectivity index (χ0v) is 11.3. The number of aliphatic carboxylic acids is 1. The van der Waals surface area contributed by atoms with E-state index in [0.717, 1.165) is 19.3 Å². The van der Waals surface area contributed by atoms with Gasteiger partial charge in [-0.2, -0.15) is 0 Å². The number of hydrogen-bond donors (Lipinski definition) is 3. The Morgan fingerprint density at radius 2 is 1.79 bits per heavy atom. The minimum Gasteiger partial charge on any atom is -0.481 e. The van der Waals surface area contributed by atoms with Crippen molar-refractivity contribution < 1.29 is 19.4 Å². The van der Waals surface area contributed by atoms with Gasteiger partial charge in [-0.15, -0.1) is 0 Å². The van der Waals surface area contributed by atoms with E-state index in [-0.39, 0.29) is 12.3 Å². The Bertz CT molecular complexity index is 301. The highest BCUT2D eigenvalue weighted by Gasteiger charge is 2.35. The number of hydrogen-bond acceptors (Lipinski definition) is 4. The van der Waals surface area contributed by atoms with Crippen molar-refractivity contribution >= 4 is 11.9 Å². The zero-order chi connectivity index (χ0) is 14.1. The molecule has 19 heavy (non-hydrogen) atoms. The fraction of sp³-hybridized carbons (Fsp3) is 0.846. The van der Waals surface area contributed by atoms with Gasteiger partial charge < -0.3 is 20.9 Å². The zero-order valence-electron chi connectivity index (χ0n) is 11.3. The van der Waals surface area contributed by atoms with Crippen molar-refractivity contribution in [2.45, 2.75) is 50.5 Å². The lowest BCUT2D eigenvalue weighted by Crippen LogP contribution is -2.57. The highest BCUT2D eigenvalue weighted by Crippen LogP contribution is 2.17. The van der Waals surface area contributed by atoms with Gasteiger partial charge in [-0.25, -0.2) is 0 Å². The number of unbranched alkanes of at least 4 members (excludes halogenated alkanes) is 3. The molecule has 6 nitrogen and oxygen atoms in total. The number of carboxylic acids is 1. The molecule has 0 aliphatic carbocycles. The van der Waals surface area contributed by atoms with Gasteiger partial charge in [0, 0.05) is 26.2 Å². The lowest BCUT2D eigenvalue weighted by atomic mass is 9.90. The maximum atomic E-state index is 11.9. The monoisotopic (exact) mass is 272 g/mol. The molecule has 1 heterocycles. The Hall–Kier alpha value is -1.14. The van der Waals surface area contributed by atoms with E-state index in [2.05, 4.69) is 5.32 Å². The number of nitrogens with two attached hydrogens (primary N) is 1. The molecule has 4 N–H and O–H groups in total. The molecular weight excluding hydrogens is 248 g/mol. The van der Waals surface area contributed by atoms with Crippen molar-refractivity contribution in [2.75, 3.05) is 19.8 Å². The summed E-state index contributed by atoms with van der Waals surface area (Å²) in [6, 6.07) is 0. The molecule has 0 aromatic carbocycles. The van der Waals surface area contributed by atoms with Gasteiger partial charge in [0.15, 0.2) is 0 Å². The third-order valence-electron chi connectivity index (χ3n) is 3.44. The summed E-state index contributed by atoms with van der Waals surface area (Å²) in [5, 5.41) is 11.3. The van der Waals surface area contributed by atoms with Crippen LogP contribution < -0.4 is 11.1 Å². The first-order chi connectivity index (χ1) is 9.04. The van der Waals surface area contributed by atoms with Gasteiger partial charge in [0.1, 0.15) is 0 Å². The molecule has 0 atom stereocenters. The van der Waals surface area contributed by atoms with Gasteiger partial charge >= 0.3 is 5.97 Å². The van der Waals surface area contributed by atoms with E-state index in [0.29, 0.717) is 39.0 Å². The second kappa shape index (κ2) is 8.12. The molecule has 1 aliphatic heterocycles. The van der Waals surface area contributed by atoms with Crippen LogP contribution >= 0.6 is 0 Å². The van der Waals surface area contributed by atoms with Gasteiger partial charge in [-0.3, -0.25) is 9.59 Å². The van der Waals surface area contributed by atoms with Crippen molar-refractivity contribution in [2.24, 2.45) is 5.73 Å². The summed E-state index contributed by atoms with van der Waals surface area (Å²) in [6.07, 6.45) is 4.71. The van der Waals surface area contributed by atoms with E-state index in [1.54, 1.807) is 0 Å². The first kappa shape index (κ1) is 15.9. The Labute approximate surface area is 113 Å². The maximum absolute atomic E-state index is 11.9. The Kier molecular flexibility index (Phi) is 6.80. The molecule has 1 aliphatic rings. The molecule has 0 saturated carbocycles. The molecule has 0 unspecified atom stereocenters. The van der Waals surface area contributed by atoms with Gasteiger partial charge in [-0.05, 0) is 25.7 Å². The molecule has 1 saturated heterocycles. The van der Waals surface area contributed by atoms with Gasteiger partial charge in [0.05, 0.1) is 5.54 Å². The molecule has 0 aromatic heterocycles. The third kappa shape index (κ3) is 6.02. The molecule has 0 aromatic rings. The summed E-state index contributed by atoms with van der Waals surface area (Å²) in [7, 11) is 0. The van der Waals surface area contributed by atoms with Crippen LogP contribution in [-0.2, 0) is 14.3 Å². The number of carbonyl (C=O) groups excluding carboxylic acids is 1. The standard InChI is InChI=1S/C13H24N2O4/c14-13(6-9-19-10-7-13)12(18)15-8-4-2-1-3-5-11(16)17/h1-10,14H2,(H,15,18)(H,16,17). The van der Waals surface area contributed by atoms with Crippen molar-refractivity contribution in [3.8, 4) is 0 Å². The first-order valence-corrected chi connectivity index (χ1v) is 6.91. The quantitative estimate of drug-likeness (QED) is 0.563. The van der Waals surface area contributed by atoms with E-state index in [1.807, 2.05) is 0 Å². The molecular formula is C13H24N2O4. The van der Waals surface area contributed by atoms with Crippen LogP contribution in [-0.4, -0.2) is 42.3 Å². The minimum absolute atomic E-state index is 0.0960. The SMILES string of the molecule is NC1(C(=O)NCCCCCCC(=O)O)CCOCC1. The van der Waals surface area contributed by atoms with Crippen molar-refractivity contribution in [3.63, 3.8) is 0 Å². The summed E-state index contributed by atoms with van der Waals surface area (Å²) in [6.45, 7) is 1.68. The number of amides is 1. The van der Waals surface area contributed by atoms with Crippen LogP contribution in [0.1, 0.15) is 44.9 Å². The van der Waals surface area contributed by atoms with E-state index in [1.165, 1.54) is 0 Å². The number of nitrogens with one attached hydrogen (secondary N) is 1. The summed E-state index contributed by atoms with van der Waals surface area (Å²) in [5.41, 5.74) is 5.26. The Morgan fingerprint density at radius 3 is 2.42 bits per heavy atom. The van der Waals surface area contributed by atoms with Gasteiger partial charge in [0.25, 0.3) is 0 Å². The number of rotatable bonds is 8. The largest absolute Gasteiger partial charge is 0.481 e. The van der Waals surface area contributed by atoms with Crippen LogP contribution in [0.5, 0.6) is 0 Å². The second-order valence-corrected chi connectivity index (χ2v) is 5.08. The van der Waals surface area contributed by atoms with Crippen LogP contribution in [0.3, 0.4) is 0 Å². The van der Waals surface area contributed by atoms with Crippen LogP contribution in [0.4, 0.5) is 0 Å². The highest BCUT2D eigenvalue weighted by molar-refractivity contribution is 5.86. The second-order valence-electron chi connectivity index (χ2n) is 5.08. The Morgan fingerprint density at radius 1 is 1.16 bits per heavy atom. The molecule has 0 bridgehead atoms. The average molecular weight is 272 g/mol. The van der Waals surface area contributed by atoms with Crippen molar-refractivity contribution in [3.05, 3.63) is 0 Å². The fourth-order valence-electron chi connectivity index (χ4n) is 2.10. The van der Waals surface area contributed by atoms with Crippen LogP contribution in [0.15, 0.2) is 0 Å². The Balaban J connectivity index is 2.05. The summed E-state index contributed by atoms with van der Waals surface area (Å²) >= 11 is 0. The van der Waals surface area contributed by atoms with Crippen LogP contribution in [0.2, 0.25) is 0 Å². The molecule has 1 rings (SSSR count). The third-order valence-corrected chi connectivity index (χ3v) is 3.44. The predicted molar refractivity (Wildman–Crippen MR) is 70.7 cm³/mol. The normalized spacial score (nSPS) is 17.9. The van der Waals surface area contributed by atoms with E-state index < -0.39 is 11.5 Å². The molecule has 110 valence electrons. The topological polar surface area (TPSA) is 102 Å². The van der Waals surface area contributed by atoms with Gasteiger partial charge in [0.2, 0.25) is 5.91 Å². The van der Waals surface area contributed by atoms with Crippen LogP contribution in [0.25, 0.3) is 0 Å². The molecule has 0 spiro atoms. The van der Waals surface area contributed by atoms with Crippen LogP contribution in [0, 0.1) is 0 Å². The highest BCUT2D eigenvalue weighted by atomic mass is 16.5. The van der Waals surface area contributed by atoms with E-state index in [9.17, 15) is 9.59 Å². The summed E-state index contributed by atoms with van der Waals surface area (Å²) in [5.74, 6) is -0.848. The lowest BCUT2D eigenvalue weighted by molar-refractivity contribution is -0.137. The molecule has 0 radical (unpaired) electrons. The first-order valence-electron chi connectivity index (χ1n) is 6.91. The smallest absolute Gasteiger partial charge is 0.303 e. The number of carbonyl (C=O) groups is 2. The molecule has 1 amide bonds. The lowest BCUT2D eigenvalue weighted by Gasteiger charge is -2.31.